The van der Waals surface area contributed by atoms with Gasteiger partial charge in [-0.3, -0.25) is 9.59 Å². The predicted octanol–water partition coefficient (Wildman–Crippen LogP) is 0.617. The Bertz CT molecular complexity index is 349. The molecule has 2 saturated heterocycles. The summed E-state index contributed by atoms with van der Waals surface area (Å²) in [7, 11) is 0. The molecule has 0 aliphatic carbocycles. The molecule has 2 aliphatic heterocycles. The molecular weight excluding hydrogens is 244 g/mol. The highest BCUT2D eigenvalue weighted by atomic mass is 16.3. The molecule has 2 heterocycles. The first-order valence-electron chi connectivity index (χ1n) is 7.27. The number of rotatable bonds is 3. The minimum absolute atomic E-state index is 0.0529. The normalized spacial score (nSPS) is 23.3. The van der Waals surface area contributed by atoms with Crippen molar-refractivity contribution in [2.75, 3.05) is 19.6 Å². The van der Waals surface area contributed by atoms with E-state index < -0.39 is 0 Å². The van der Waals surface area contributed by atoms with E-state index in [-0.39, 0.29) is 29.9 Å². The van der Waals surface area contributed by atoms with Gasteiger partial charge in [0.25, 0.3) is 0 Å². The van der Waals surface area contributed by atoms with Crippen molar-refractivity contribution >= 4 is 11.8 Å². The zero-order valence-electron chi connectivity index (χ0n) is 11.8. The van der Waals surface area contributed by atoms with Gasteiger partial charge in [-0.2, -0.15) is 0 Å². The van der Waals surface area contributed by atoms with Crippen LogP contribution in [0.15, 0.2) is 0 Å². The number of likely N-dealkylation sites (tertiary alicyclic amines) is 2. The Kier molecular flexibility index (Phi) is 4.45. The standard InChI is InChI=1S/C14H24N2O3/c1-10(2)13(16-7-3-4-12(16)18)14(19)15-8-5-11(17)6-9-15/h10-11,13,17H,3-9H2,1-2H3. The second kappa shape index (κ2) is 5.90. The first-order valence-corrected chi connectivity index (χ1v) is 7.27. The highest BCUT2D eigenvalue weighted by Gasteiger charge is 2.37. The minimum atomic E-state index is -0.328. The number of aliphatic hydroxyl groups is 1. The summed E-state index contributed by atoms with van der Waals surface area (Å²) < 4.78 is 0. The van der Waals surface area contributed by atoms with E-state index in [1.807, 2.05) is 18.7 Å². The Morgan fingerprint density at radius 1 is 1.26 bits per heavy atom. The third-order valence-corrected chi connectivity index (χ3v) is 4.11. The van der Waals surface area contributed by atoms with Gasteiger partial charge in [0.2, 0.25) is 11.8 Å². The molecule has 0 aromatic carbocycles. The number of hydrogen-bond acceptors (Lipinski definition) is 3. The monoisotopic (exact) mass is 268 g/mol. The minimum Gasteiger partial charge on any atom is -0.393 e. The number of carbonyl (C=O) groups is 2. The molecule has 0 spiro atoms. The van der Waals surface area contributed by atoms with Crippen LogP contribution in [-0.4, -0.2) is 58.5 Å². The maximum atomic E-state index is 12.6. The van der Waals surface area contributed by atoms with Crippen molar-refractivity contribution in [2.24, 2.45) is 5.92 Å². The van der Waals surface area contributed by atoms with Crippen LogP contribution in [0.5, 0.6) is 0 Å². The van der Waals surface area contributed by atoms with E-state index in [1.54, 1.807) is 4.90 Å². The summed E-state index contributed by atoms with van der Waals surface area (Å²) >= 11 is 0. The van der Waals surface area contributed by atoms with Gasteiger partial charge in [0.15, 0.2) is 0 Å². The predicted molar refractivity (Wildman–Crippen MR) is 71.4 cm³/mol. The van der Waals surface area contributed by atoms with Crippen LogP contribution in [0.25, 0.3) is 0 Å². The van der Waals surface area contributed by atoms with Crippen LogP contribution in [0.4, 0.5) is 0 Å². The molecule has 0 aromatic heterocycles. The third-order valence-electron chi connectivity index (χ3n) is 4.11. The molecule has 0 bridgehead atoms. The van der Waals surface area contributed by atoms with Gasteiger partial charge in [0.05, 0.1) is 6.10 Å². The van der Waals surface area contributed by atoms with Crippen molar-refractivity contribution in [2.45, 2.75) is 51.7 Å². The van der Waals surface area contributed by atoms with Crippen LogP contribution in [0.3, 0.4) is 0 Å². The third kappa shape index (κ3) is 3.08. The SMILES string of the molecule is CC(C)C(C(=O)N1CCC(O)CC1)N1CCCC1=O. The molecule has 2 aliphatic rings. The quantitative estimate of drug-likeness (QED) is 0.816. The summed E-state index contributed by atoms with van der Waals surface area (Å²) in [5.74, 6) is 0.280. The Hall–Kier alpha value is -1.10. The molecule has 0 aromatic rings. The van der Waals surface area contributed by atoms with Gasteiger partial charge >= 0.3 is 0 Å². The van der Waals surface area contributed by atoms with Gasteiger partial charge in [-0.05, 0) is 25.2 Å². The lowest BCUT2D eigenvalue weighted by Crippen LogP contribution is -2.53. The van der Waals surface area contributed by atoms with Crippen LogP contribution in [0.1, 0.15) is 39.5 Å². The summed E-state index contributed by atoms with van der Waals surface area (Å²) in [5.41, 5.74) is 0. The number of hydrogen-bond donors (Lipinski definition) is 1. The molecule has 0 radical (unpaired) electrons. The van der Waals surface area contributed by atoms with E-state index in [1.165, 1.54) is 0 Å². The second-order valence-corrected chi connectivity index (χ2v) is 5.94. The van der Waals surface area contributed by atoms with Gasteiger partial charge in [0, 0.05) is 26.1 Å². The molecule has 19 heavy (non-hydrogen) atoms. The van der Waals surface area contributed by atoms with Crippen molar-refractivity contribution < 1.29 is 14.7 Å². The topological polar surface area (TPSA) is 60.9 Å². The first kappa shape index (κ1) is 14.3. The fraction of sp³-hybridized carbons (Fsp3) is 0.857. The molecule has 2 amide bonds. The van der Waals surface area contributed by atoms with E-state index in [4.69, 9.17) is 0 Å². The van der Waals surface area contributed by atoms with E-state index in [0.29, 0.717) is 38.9 Å². The highest BCUT2D eigenvalue weighted by molar-refractivity contribution is 5.88. The summed E-state index contributed by atoms with van der Waals surface area (Å²) in [5, 5.41) is 9.51. The van der Waals surface area contributed by atoms with Crippen LogP contribution in [0.2, 0.25) is 0 Å². The first-order chi connectivity index (χ1) is 9.00. The number of nitrogens with zero attached hydrogens (tertiary/aromatic N) is 2. The lowest BCUT2D eigenvalue weighted by atomic mass is 9.99. The molecule has 108 valence electrons. The highest BCUT2D eigenvalue weighted by Crippen LogP contribution is 2.22. The molecule has 2 fully saturated rings. The molecule has 1 N–H and O–H groups in total. The largest absolute Gasteiger partial charge is 0.393 e. The summed E-state index contributed by atoms with van der Waals surface area (Å²) in [6.07, 6.45) is 2.42. The summed E-state index contributed by atoms with van der Waals surface area (Å²) in [6.45, 7) is 5.89. The fourth-order valence-corrected chi connectivity index (χ4v) is 3.01. The van der Waals surface area contributed by atoms with Crippen LogP contribution in [-0.2, 0) is 9.59 Å². The Labute approximate surface area is 114 Å². The number of piperidine rings is 1. The van der Waals surface area contributed by atoms with Gasteiger partial charge in [-0.25, -0.2) is 0 Å². The van der Waals surface area contributed by atoms with Crippen molar-refractivity contribution in [1.29, 1.82) is 0 Å². The summed E-state index contributed by atoms with van der Waals surface area (Å²) in [4.78, 5) is 28.1. The van der Waals surface area contributed by atoms with Crippen LogP contribution < -0.4 is 0 Å². The van der Waals surface area contributed by atoms with Gasteiger partial charge in [0.1, 0.15) is 6.04 Å². The molecular formula is C14H24N2O3. The average molecular weight is 268 g/mol. The maximum Gasteiger partial charge on any atom is 0.245 e. The van der Waals surface area contributed by atoms with E-state index >= 15 is 0 Å². The fourth-order valence-electron chi connectivity index (χ4n) is 3.01. The van der Waals surface area contributed by atoms with Crippen molar-refractivity contribution in [3.05, 3.63) is 0 Å². The lowest BCUT2D eigenvalue weighted by Gasteiger charge is -2.37. The second-order valence-electron chi connectivity index (χ2n) is 5.94. The zero-order chi connectivity index (χ0) is 14.0. The zero-order valence-corrected chi connectivity index (χ0v) is 11.8. The van der Waals surface area contributed by atoms with Crippen LogP contribution in [0, 0.1) is 5.92 Å². The Morgan fingerprint density at radius 2 is 1.89 bits per heavy atom. The molecule has 0 saturated carbocycles. The number of carbonyl (C=O) groups excluding carboxylic acids is 2. The van der Waals surface area contributed by atoms with Crippen LogP contribution >= 0.6 is 0 Å². The molecule has 5 heteroatoms. The number of amides is 2. The van der Waals surface area contributed by atoms with Crippen molar-refractivity contribution in [3.63, 3.8) is 0 Å². The molecule has 2 rings (SSSR count). The maximum absolute atomic E-state index is 12.6. The Morgan fingerprint density at radius 3 is 2.37 bits per heavy atom. The number of aliphatic hydroxyl groups excluding tert-OH is 1. The van der Waals surface area contributed by atoms with E-state index in [2.05, 4.69) is 0 Å². The van der Waals surface area contributed by atoms with Crippen molar-refractivity contribution in [1.82, 2.24) is 9.80 Å². The molecule has 5 nitrogen and oxygen atoms in total. The van der Waals surface area contributed by atoms with Gasteiger partial charge in [-0.1, -0.05) is 13.8 Å². The van der Waals surface area contributed by atoms with E-state index in [0.717, 1.165) is 6.42 Å². The van der Waals surface area contributed by atoms with E-state index in [9.17, 15) is 14.7 Å². The van der Waals surface area contributed by atoms with Gasteiger partial charge < -0.3 is 14.9 Å². The average Bonchev–Trinajstić information content (AvgIpc) is 2.76. The lowest BCUT2D eigenvalue weighted by molar-refractivity contribution is -0.146. The smallest absolute Gasteiger partial charge is 0.245 e. The van der Waals surface area contributed by atoms with Gasteiger partial charge in [-0.15, -0.1) is 0 Å². The van der Waals surface area contributed by atoms with Crippen molar-refractivity contribution in [3.8, 4) is 0 Å². The Balaban J connectivity index is 2.06. The molecule has 1 atom stereocenters. The summed E-state index contributed by atoms with van der Waals surface area (Å²) in [6, 6.07) is -0.328. The molecule has 1 unspecified atom stereocenters.